The van der Waals surface area contributed by atoms with E-state index >= 15 is 0 Å². The zero-order chi connectivity index (χ0) is 16.0. The predicted octanol–water partition coefficient (Wildman–Crippen LogP) is 3.03. The Labute approximate surface area is 133 Å². The summed E-state index contributed by atoms with van der Waals surface area (Å²) in [6.07, 6.45) is 3.97. The van der Waals surface area contributed by atoms with Crippen LogP contribution in [0.2, 0.25) is 0 Å². The minimum atomic E-state index is 0.218. The molecule has 0 atom stereocenters. The van der Waals surface area contributed by atoms with Gasteiger partial charge in [0.05, 0.1) is 12.0 Å². The SMILES string of the molecule is CC(C)c1nc2cc(CC(=O)C3CC3)nc(-c3ccco3)n2n1. The van der Waals surface area contributed by atoms with Crippen LogP contribution in [-0.4, -0.2) is 25.4 Å². The minimum Gasteiger partial charge on any atom is -0.461 e. The van der Waals surface area contributed by atoms with Gasteiger partial charge >= 0.3 is 0 Å². The van der Waals surface area contributed by atoms with Crippen molar-refractivity contribution < 1.29 is 9.21 Å². The van der Waals surface area contributed by atoms with Crippen LogP contribution in [0, 0.1) is 5.92 Å². The molecule has 1 aliphatic rings. The van der Waals surface area contributed by atoms with Crippen molar-refractivity contribution in [2.24, 2.45) is 5.92 Å². The van der Waals surface area contributed by atoms with Crippen LogP contribution < -0.4 is 0 Å². The maximum absolute atomic E-state index is 12.1. The normalized spacial score (nSPS) is 14.7. The van der Waals surface area contributed by atoms with E-state index in [4.69, 9.17) is 4.42 Å². The molecule has 1 aliphatic carbocycles. The van der Waals surface area contributed by atoms with Gasteiger partial charge < -0.3 is 4.42 Å². The lowest BCUT2D eigenvalue weighted by atomic mass is 10.1. The number of ketones is 1. The molecule has 0 radical (unpaired) electrons. The number of furan rings is 1. The highest BCUT2D eigenvalue weighted by Gasteiger charge is 2.30. The molecule has 3 heterocycles. The Balaban J connectivity index is 1.83. The third-order valence-corrected chi connectivity index (χ3v) is 4.04. The molecule has 4 rings (SSSR count). The van der Waals surface area contributed by atoms with Gasteiger partial charge in [-0.2, -0.15) is 4.52 Å². The number of carbonyl (C=O) groups excluding carboxylic acids is 1. The largest absolute Gasteiger partial charge is 0.461 e. The smallest absolute Gasteiger partial charge is 0.199 e. The van der Waals surface area contributed by atoms with Crippen molar-refractivity contribution in [3.63, 3.8) is 0 Å². The van der Waals surface area contributed by atoms with Gasteiger partial charge in [0.25, 0.3) is 0 Å². The van der Waals surface area contributed by atoms with Crippen molar-refractivity contribution in [3.05, 3.63) is 36.0 Å². The quantitative estimate of drug-likeness (QED) is 0.724. The molecular weight excluding hydrogens is 292 g/mol. The van der Waals surface area contributed by atoms with Crippen molar-refractivity contribution in [1.82, 2.24) is 19.6 Å². The van der Waals surface area contributed by atoms with Gasteiger partial charge in [-0.05, 0) is 25.0 Å². The third-order valence-electron chi connectivity index (χ3n) is 4.04. The number of carbonyl (C=O) groups is 1. The van der Waals surface area contributed by atoms with Crippen LogP contribution in [0.5, 0.6) is 0 Å². The molecular formula is C17H18N4O2. The molecule has 23 heavy (non-hydrogen) atoms. The summed E-state index contributed by atoms with van der Waals surface area (Å²) in [5.41, 5.74) is 1.43. The summed E-state index contributed by atoms with van der Waals surface area (Å²) >= 11 is 0. The fourth-order valence-electron chi connectivity index (χ4n) is 2.58. The van der Waals surface area contributed by atoms with Gasteiger partial charge in [-0.1, -0.05) is 13.8 Å². The van der Waals surface area contributed by atoms with Gasteiger partial charge in [0, 0.05) is 24.3 Å². The standard InChI is InChI=1S/C17H18N4O2/c1-10(2)16-19-15-9-12(8-13(22)11-5-6-11)18-17(21(15)20-16)14-4-3-7-23-14/h3-4,7,9-11H,5-6,8H2,1-2H3. The maximum Gasteiger partial charge on any atom is 0.199 e. The molecule has 1 fully saturated rings. The van der Waals surface area contributed by atoms with Gasteiger partial charge in [-0.3, -0.25) is 4.79 Å². The molecule has 0 spiro atoms. The first-order valence-corrected chi connectivity index (χ1v) is 7.95. The summed E-state index contributed by atoms with van der Waals surface area (Å²) in [6, 6.07) is 5.50. The first kappa shape index (κ1) is 14.1. The Bertz CT molecular complexity index is 860. The van der Waals surface area contributed by atoms with Crippen LogP contribution in [0.25, 0.3) is 17.2 Å². The van der Waals surface area contributed by atoms with E-state index in [0.717, 1.165) is 24.4 Å². The average Bonchev–Trinajstić information content (AvgIpc) is 3.07. The minimum absolute atomic E-state index is 0.218. The number of Topliss-reactive ketones (excluding diaryl/α,β-unsaturated/α-hetero) is 1. The van der Waals surface area contributed by atoms with E-state index in [1.54, 1.807) is 10.8 Å². The lowest BCUT2D eigenvalue weighted by molar-refractivity contribution is -0.119. The molecule has 1 saturated carbocycles. The van der Waals surface area contributed by atoms with Crippen LogP contribution in [0.1, 0.15) is 44.1 Å². The first-order chi connectivity index (χ1) is 11.1. The van der Waals surface area contributed by atoms with Crippen LogP contribution in [-0.2, 0) is 11.2 Å². The molecule has 0 saturated heterocycles. The Morgan fingerprint density at radius 1 is 1.39 bits per heavy atom. The summed E-state index contributed by atoms with van der Waals surface area (Å²) in [6.45, 7) is 4.10. The first-order valence-electron chi connectivity index (χ1n) is 7.95. The lowest BCUT2D eigenvalue weighted by Crippen LogP contribution is -2.09. The molecule has 0 aromatic carbocycles. The predicted molar refractivity (Wildman–Crippen MR) is 84.0 cm³/mol. The van der Waals surface area contributed by atoms with Crippen molar-refractivity contribution in [2.45, 2.75) is 39.0 Å². The summed E-state index contributed by atoms with van der Waals surface area (Å²) in [7, 11) is 0. The van der Waals surface area contributed by atoms with E-state index < -0.39 is 0 Å². The fourth-order valence-corrected chi connectivity index (χ4v) is 2.58. The zero-order valence-corrected chi connectivity index (χ0v) is 13.2. The van der Waals surface area contributed by atoms with E-state index in [1.165, 1.54) is 0 Å². The van der Waals surface area contributed by atoms with E-state index in [9.17, 15) is 4.79 Å². The lowest BCUT2D eigenvalue weighted by Gasteiger charge is -2.04. The second-order valence-electron chi connectivity index (χ2n) is 6.36. The molecule has 6 heteroatoms. The molecule has 3 aromatic heterocycles. The van der Waals surface area contributed by atoms with Crippen LogP contribution in [0.15, 0.2) is 28.9 Å². The summed E-state index contributed by atoms with van der Waals surface area (Å²) < 4.78 is 7.17. The topological polar surface area (TPSA) is 73.3 Å². The third kappa shape index (κ3) is 2.65. The summed E-state index contributed by atoms with van der Waals surface area (Å²) in [5, 5.41) is 4.53. The molecule has 0 bridgehead atoms. The number of rotatable bonds is 5. The molecule has 0 unspecified atom stereocenters. The fraction of sp³-hybridized carbons (Fsp3) is 0.412. The number of hydrogen-bond donors (Lipinski definition) is 0. The summed E-state index contributed by atoms with van der Waals surface area (Å²) in [4.78, 5) is 21.3. The van der Waals surface area contributed by atoms with Crippen LogP contribution in [0.3, 0.4) is 0 Å². The van der Waals surface area contributed by atoms with Crippen molar-refractivity contribution in [1.29, 1.82) is 0 Å². The van der Waals surface area contributed by atoms with E-state index in [2.05, 4.69) is 15.1 Å². The van der Waals surface area contributed by atoms with Crippen LogP contribution >= 0.6 is 0 Å². The Kier molecular flexibility index (Phi) is 3.25. The molecule has 0 amide bonds. The highest BCUT2D eigenvalue weighted by Crippen LogP contribution is 2.31. The van der Waals surface area contributed by atoms with Gasteiger partial charge in [-0.15, -0.1) is 5.10 Å². The number of fused-ring (bicyclic) bond motifs is 1. The van der Waals surface area contributed by atoms with Gasteiger partial charge in [0.15, 0.2) is 23.1 Å². The van der Waals surface area contributed by atoms with E-state index in [1.807, 2.05) is 32.0 Å². The Hall–Kier alpha value is -2.50. The van der Waals surface area contributed by atoms with Gasteiger partial charge in [0.2, 0.25) is 0 Å². The summed E-state index contributed by atoms with van der Waals surface area (Å²) in [5.74, 6) is 2.67. The van der Waals surface area contributed by atoms with E-state index in [-0.39, 0.29) is 17.6 Å². The monoisotopic (exact) mass is 310 g/mol. The number of hydrogen-bond acceptors (Lipinski definition) is 5. The molecule has 0 aliphatic heterocycles. The molecule has 6 nitrogen and oxygen atoms in total. The highest BCUT2D eigenvalue weighted by atomic mass is 16.3. The molecule has 118 valence electrons. The number of aromatic nitrogens is 4. The van der Waals surface area contributed by atoms with Crippen LogP contribution in [0.4, 0.5) is 0 Å². The van der Waals surface area contributed by atoms with Gasteiger partial charge in [0.1, 0.15) is 5.78 Å². The Morgan fingerprint density at radius 3 is 2.87 bits per heavy atom. The highest BCUT2D eigenvalue weighted by molar-refractivity contribution is 5.85. The molecule has 3 aromatic rings. The molecule has 0 N–H and O–H groups in total. The van der Waals surface area contributed by atoms with Crippen molar-refractivity contribution >= 4 is 11.4 Å². The number of nitrogens with zero attached hydrogens (tertiary/aromatic N) is 4. The van der Waals surface area contributed by atoms with E-state index in [0.29, 0.717) is 23.7 Å². The van der Waals surface area contributed by atoms with Crippen molar-refractivity contribution in [2.75, 3.05) is 0 Å². The van der Waals surface area contributed by atoms with Crippen molar-refractivity contribution in [3.8, 4) is 11.6 Å². The second kappa shape index (κ2) is 5.30. The Morgan fingerprint density at radius 2 is 2.22 bits per heavy atom. The average molecular weight is 310 g/mol. The zero-order valence-electron chi connectivity index (χ0n) is 13.2. The maximum atomic E-state index is 12.1. The van der Waals surface area contributed by atoms with Gasteiger partial charge in [-0.25, -0.2) is 9.97 Å². The second-order valence-corrected chi connectivity index (χ2v) is 6.36.